The first-order valence-corrected chi connectivity index (χ1v) is 15.1. The molecular formula is C34H38FN5O3. The number of nitrogens with one attached hydrogen (secondary N) is 1. The van der Waals surface area contributed by atoms with Gasteiger partial charge in [0.1, 0.15) is 5.82 Å². The summed E-state index contributed by atoms with van der Waals surface area (Å²) in [5.41, 5.74) is 5.05. The summed E-state index contributed by atoms with van der Waals surface area (Å²) in [6.07, 6.45) is 3.87. The Bertz CT molecular complexity index is 1570. The fraction of sp³-hybridized carbons (Fsp3) is 0.382. The van der Waals surface area contributed by atoms with Crippen molar-refractivity contribution >= 4 is 22.7 Å². The van der Waals surface area contributed by atoms with Crippen LogP contribution in [-0.2, 0) is 11.3 Å². The number of ether oxygens (including phenoxy) is 1. The summed E-state index contributed by atoms with van der Waals surface area (Å²) >= 11 is 0. The van der Waals surface area contributed by atoms with Gasteiger partial charge in [-0.15, -0.1) is 0 Å². The van der Waals surface area contributed by atoms with Gasteiger partial charge in [-0.25, -0.2) is 4.39 Å². The number of carbonyl (C=O) groups excluding carboxylic acids is 2. The van der Waals surface area contributed by atoms with Crippen molar-refractivity contribution in [2.24, 2.45) is 5.92 Å². The zero-order valence-corrected chi connectivity index (χ0v) is 24.6. The molecule has 224 valence electrons. The van der Waals surface area contributed by atoms with Crippen LogP contribution in [0, 0.1) is 18.7 Å². The number of fused-ring (bicyclic) bond motifs is 1. The highest BCUT2D eigenvalue weighted by atomic mass is 19.1. The normalized spacial score (nSPS) is 16.5. The van der Waals surface area contributed by atoms with Crippen LogP contribution < -0.4 is 5.32 Å². The molecule has 2 fully saturated rings. The van der Waals surface area contributed by atoms with Gasteiger partial charge in [0.25, 0.3) is 11.8 Å². The number of piperidine rings is 1. The third-order valence-electron chi connectivity index (χ3n) is 8.72. The molecule has 8 nitrogen and oxygen atoms in total. The minimum atomic E-state index is -0.265. The van der Waals surface area contributed by atoms with Crippen molar-refractivity contribution in [2.75, 3.05) is 52.5 Å². The van der Waals surface area contributed by atoms with E-state index >= 15 is 0 Å². The van der Waals surface area contributed by atoms with Crippen LogP contribution in [0.15, 0.2) is 66.9 Å². The van der Waals surface area contributed by atoms with Gasteiger partial charge in [0.15, 0.2) is 0 Å². The molecular weight excluding hydrogens is 545 g/mol. The van der Waals surface area contributed by atoms with E-state index in [1.54, 1.807) is 12.1 Å². The summed E-state index contributed by atoms with van der Waals surface area (Å²) in [5.74, 6) is 0.143. The minimum Gasteiger partial charge on any atom is -0.379 e. The molecule has 3 heterocycles. The number of nitrogens with zero attached hydrogens (tertiary/aromatic N) is 4. The van der Waals surface area contributed by atoms with Gasteiger partial charge in [-0.3, -0.25) is 19.2 Å². The molecule has 9 heteroatoms. The number of halogens is 1. The van der Waals surface area contributed by atoms with Crippen LogP contribution in [0.1, 0.15) is 39.1 Å². The number of morpholine rings is 1. The molecule has 3 aromatic carbocycles. The van der Waals surface area contributed by atoms with E-state index in [2.05, 4.69) is 16.4 Å². The number of aromatic nitrogens is 2. The molecule has 43 heavy (non-hydrogen) atoms. The summed E-state index contributed by atoms with van der Waals surface area (Å²) in [6, 6.07) is 17.7. The van der Waals surface area contributed by atoms with Crippen LogP contribution in [0.5, 0.6) is 0 Å². The highest BCUT2D eigenvalue weighted by molar-refractivity contribution is 6.00. The van der Waals surface area contributed by atoms with E-state index in [4.69, 9.17) is 9.84 Å². The highest BCUT2D eigenvalue weighted by Crippen LogP contribution is 2.26. The van der Waals surface area contributed by atoms with E-state index in [9.17, 15) is 14.0 Å². The van der Waals surface area contributed by atoms with E-state index in [1.165, 1.54) is 12.1 Å². The fourth-order valence-corrected chi connectivity index (χ4v) is 6.08. The van der Waals surface area contributed by atoms with Gasteiger partial charge in [0.2, 0.25) is 0 Å². The van der Waals surface area contributed by atoms with E-state index in [0.717, 1.165) is 79.8 Å². The quantitative estimate of drug-likeness (QED) is 0.324. The average molecular weight is 584 g/mol. The number of rotatable bonds is 8. The Hall–Kier alpha value is -4.08. The lowest BCUT2D eigenvalue weighted by atomic mass is 9.96. The fourth-order valence-electron chi connectivity index (χ4n) is 6.08. The smallest absolute Gasteiger partial charge is 0.253 e. The predicted molar refractivity (Wildman–Crippen MR) is 165 cm³/mol. The Kier molecular flexibility index (Phi) is 8.81. The van der Waals surface area contributed by atoms with Gasteiger partial charge in [-0.1, -0.05) is 24.3 Å². The maximum Gasteiger partial charge on any atom is 0.253 e. The van der Waals surface area contributed by atoms with Crippen LogP contribution in [0.4, 0.5) is 4.39 Å². The molecule has 2 amide bonds. The van der Waals surface area contributed by atoms with Crippen molar-refractivity contribution < 1.29 is 18.7 Å². The van der Waals surface area contributed by atoms with Gasteiger partial charge in [0.05, 0.1) is 18.7 Å². The summed E-state index contributed by atoms with van der Waals surface area (Å²) in [6.45, 7) is 8.93. The maximum absolute atomic E-state index is 13.2. The molecule has 0 bridgehead atoms. The Morgan fingerprint density at radius 3 is 2.30 bits per heavy atom. The first-order chi connectivity index (χ1) is 20.9. The van der Waals surface area contributed by atoms with E-state index < -0.39 is 0 Å². The van der Waals surface area contributed by atoms with Crippen LogP contribution >= 0.6 is 0 Å². The van der Waals surface area contributed by atoms with Crippen molar-refractivity contribution in [3.8, 4) is 11.1 Å². The predicted octanol–water partition coefficient (Wildman–Crippen LogP) is 4.77. The van der Waals surface area contributed by atoms with Gasteiger partial charge in [-0.05, 0) is 78.8 Å². The molecule has 0 unspecified atom stereocenters. The van der Waals surface area contributed by atoms with Gasteiger partial charge in [0, 0.05) is 68.5 Å². The first-order valence-electron chi connectivity index (χ1n) is 15.1. The molecule has 0 aliphatic carbocycles. The first kappa shape index (κ1) is 29.0. The summed E-state index contributed by atoms with van der Waals surface area (Å²) in [7, 11) is 0. The van der Waals surface area contributed by atoms with E-state index in [0.29, 0.717) is 36.7 Å². The van der Waals surface area contributed by atoms with Crippen LogP contribution in [-0.4, -0.2) is 83.9 Å². The van der Waals surface area contributed by atoms with E-state index in [-0.39, 0.29) is 17.6 Å². The largest absolute Gasteiger partial charge is 0.379 e. The molecule has 2 saturated heterocycles. The molecule has 4 aromatic rings. The molecule has 6 rings (SSSR count). The number of likely N-dealkylation sites (tertiary alicyclic amines) is 1. The zero-order valence-electron chi connectivity index (χ0n) is 24.6. The standard InChI is InChI=1S/C34H38FN5O3/c1-24-30(33(41)36-14-17-38-18-20-43-21-19-38)10-11-32-31(24)23-40(37-32)22-25-12-15-39(16-13-25)34(42)28-4-2-26(3-5-28)27-6-8-29(35)9-7-27/h2-11,23,25H,12-22H2,1H3,(H,36,41). The molecule has 0 spiro atoms. The summed E-state index contributed by atoms with van der Waals surface area (Å²) in [5, 5.41) is 8.86. The molecule has 1 N–H and O–H groups in total. The second-order valence-electron chi connectivity index (χ2n) is 11.6. The van der Waals surface area contributed by atoms with Gasteiger partial charge >= 0.3 is 0 Å². The Labute approximate surface area is 251 Å². The summed E-state index contributed by atoms with van der Waals surface area (Å²) in [4.78, 5) is 30.3. The third kappa shape index (κ3) is 6.78. The number of hydrogen-bond acceptors (Lipinski definition) is 5. The second-order valence-corrected chi connectivity index (χ2v) is 11.6. The van der Waals surface area contributed by atoms with Crippen molar-refractivity contribution in [1.29, 1.82) is 0 Å². The van der Waals surface area contributed by atoms with Gasteiger partial charge < -0.3 is 15.0 Å². The van der Waals surface area contributed by atoms with Crippen LogP contribution in [0.3, 0.4) is 0 Å². The molecule has 2 aliphatic heterocycles. The maximum atomic E-state index is 13.2. The average Bonchev–Trinajstić information content (AvgIpc) is 3.46. The van der Waals surface area contributed by atoms with Crippen LogP contribution in [0.25, 0.3) is 22.0 Å². The number of carbonyl (C=O) groups is 2. The van der Waals surface area contributed by atoms with Crippen LogP contribution in [0.2, 0.25) is 0 Å². The number of benzene rings is 3. The highest BCUT2D eigenvalue weighted by Gasteiger charge is 2.24. The molecule has 2 aliphatic rings. The minimum absolute atomic E-state index is 0.0420. The Morgan fingerprint density at radius 2 is 1.60 bits per heavy atom. The molecule has 0 atom stereocenters. The SMILES string of the molecule is Cc1c(C(=O)NCCN2CCOCC2)ccc2nn(CC3CCN(C(=O)c4ccc(-c5ccc(F)cc5)cc4)CC3)cc12. The molecule has 0 saturated carbocycles. The number of aryl methyl sites for hydroxylation is 1. The lowest BCUT2D eigenvalue weighted by Crippen LogP contribution is -2.41. The van der Waals surface area contributed by atoms with Gasteiger partial charge in [-0.2, -0.15) is 5.10 Å². The topological polar surface area (TPSA) is 79.7 Å². The second kappa shape index (κ2) is 13.1. The molecule has 0 radical (unpaired) electrons. The van der Waals surface area contributed by atoms with Crippen molar-refractivity contribution in [3.63, 3.8) is 0 Å². The van der Waals surface area contributed by atoms with Crippen molar-refractivity contribution in [3.05, 3.63) is 89.4 Å². The zero-order chi connectivity index (χ0) is 29.8. The summed E-state index contributed by atoms with van der Waals surface area (Å²) < 4.78 is 20.6. The number of hydrogen-bond donors (Lipinski definition) is 1. The van der Waals surface area contributed by atoms with Crippen molar-refractivity contribution in [1.82, 2.24) is 24.9 Å². The Balaban J connectivity index is 1.01. The van der Waals surface area contributed by atoms with Crippen molar-refractivity contribution in [2.45, 2.75) is 26.3 Å². The lowest BCUT2D eigenvalue weighted by Gasteiger charge is -2.32. The molecule has 1 aromatic heterocycles. The monoisotopic (exact) mass is 583 g/mol. The van der Waals surface area contributed by atoms with E-state index in [1.807, 2.05) is 52.9 Å². The number of amides is 2. The Morgan fingerprint density at radius 1 is 0.930 bits per heavy atom. The lowest BCUT2D eigenvalue weighted by molar-refractivity contribution is 0.0383. The third-order valence-corrected chi connectivity index (χ3v) is 8.72.